The molecule has 0 unspecified atom stereocenters. The predicted molar refractivity (Wildman–Crippen MR) is 34.4 cm³/mol. The Morgan fingerprint density at radius 2 is 1.40 bits per heavy atom. The highest BCUT2D eigenvalue weighted by atomic mass is 16.5. The van der Waals surface area contributed by atoms with E-state index < -0.39 is 0 Å². The van der Waals surface area contributed by atoms with E-state index in [4.69, 9.17) is 20.4 Å². The van der Waals surface area contributed by atoms with Crippen molar-refractivity contribution >= 4 is 12.2 Å². The van der Waals surface area contributed by atoms with Gasteiger partial charge in [-0.2, -0.15) is 0 Å². The lowest BCUT2D eigenvalue weighted by molar-refractivity contribution is 0.215. The Bertz CT molecular complexity index is 87.5. The first-order valence-electron chi connectivity index (χ1n) is 2.31. The average Bonchev–Trinajstić information content (AvgIpc) is 1.91. The molecular formula is C5H10N2O3. The van der Waals surface area contributed by atoms with Crippen LogP contribution in [0.3, 0.4) is 0 Å². The van der Waals surface area contributed by atoms with E-state index in [-0.39, 0.29) is 0 Å². The second-order valence-corrected chi connectivity index (χ2v) is 0.781. The van der Waals surface area contributed by atoms with E-state index >= 15 is 0 Å². The number of isocyanates is 2. The summed E-state index contributed by atoms with van der Waals surface area (Å²) in [6.07, 6.45) is 1.50. The van der Waals surface area contributed by atoms with Crippen molar-refractivity contribution in [1.82, 2.24) is 0 Å². The van der Waals surface area contributed by atoms with Crippen molar-refractivity contribution < 1.29 is 14.3 Å². The summed E-state index contributed by atoms with van der Waals surface area (Å²) in [6, 6.07) is 0. The normalized spacial score (nSPS) is 4.60. The summed E-state index contributed by atoms with van der Waals surface area (Å²) < 4.78 is 4.54. The quantitative estimate of drug-likeness (QED) is 0.415. The number of methoxy groups -OCH3 is 1. The Hall–Kier alpha value is -1.28. The molecule has 0 saturated heterocycles. The standard InChI is InChI=1S/C3H8O.2CHNO/c1-3-4-2;2*2-1-3/h3H2,1-2H3;2*2H. The summed E-state index contributed by atoms with van der Waals surface area (Å²) in [5.74, 6) is 0. The van der Waals surface area contributed by atoms with Gasteiger partial charge in [-0.3, -0.25) is 0 Å². The van der Waals surface area contributed by atoms with Crippen LogP contribution in [0.4, 0.5) is 0 Å². The zero-order chi connectivity index (χ0) is 8.83. The van der Waals surface area contributed by atoms with E-state index in [0.29, 0.717) is 0 Å². The minimum absolute atomic E-state index is 0.750. The van der Waals surface area contributed by atoms with Crippen LogP contribution in [0.2, 0.25) is 0 Å². The summed E-state index contributed by atoms with van der Waals surface area (Å²) >= 11 is 0. The van der Waals surface area contributed by atoms with Crippen molar-refractivity contribution in [3.63, 3.8) is 0 Å². The van der Waals surface area contributed by atoms with E-state index in [9.17, 15) is 0 Å². The van der Waals surface area contributed by atoms with Gasteiger partial charge < -0.3 is 4.74 Å². The van der Waals surface area contributed by atoms with E-state index in [1.54, 1.807) is 7.11 Å². The summed E-state index contributed by atoms with van der Waals surface area (Å²) in [4.78, 5) is 16.7. The van der Waals surface area contributed by atoms with Gasteiger partial charge in [0.25, 0.3) is 0 Å². The Morgan fingerprint density at radius 3 is 1.40 bits per heavy atom. The highest BCUT2D eigenvalue weighted by Crippen LogP contribution is 1.52. The molecular weight excluding hydrogens is 136 g/mol. The van der Waals surface area contributed by atoms with E-state index in [1.165, 1.54) is 0 Å². The van der Waals surface area contributed by atoms with Gasteiger partial charge in [0.15, 0.2) is 0 Å². The molecule has 0 aromatic heterocycles. The van der Waals surface area contributed by atoms with Crippen molar-refractivity contribution in [3.05, 3.63) is 0 Å². The van der Waals surface area contributed by atoms with Crippen LogP contribution < -0.4 is 0 Å². The maximum Gasteiger partial charge on any atom is 0.231 e. The molecule has 0 aliphatic heterocycles. The largest absolute Gasteiger partial charge is 0.385 e. The number of hydrogen-bond donors (Lipinski definition) is 2. The predicted octanol–water partition coefficient (Wildman–Crippen LogP) is 0.455. The second kappa shape index (κ2) is 47.1. The molecule has 0 fully saturated rings. The fourth-order valence-corrected chi connectivity index (χ4v) is 0. The molecule has 0 rings (SSSR count). The van der Waals surface area contributed by atoms with Gasteiger partial charge in [-0.1, -0.05) is 0 Å². The van der Waals surface area contributed by atoms with Crippen LogP contribution >= 0.6 is 0 Å². The van der Waals surface area contributed by atoms with Gasteiger partial charge in [0.2, 0.25) is 12.2 Å². The number of carbonyl (C=O) groups excluding carboxylic acids is 2. The first kappa shape index (κ1) is 15.9. The molecule has 0 amide bonds. The van der Waals surface area contributed by atoms with Crippen molar-refractivity contribution in [2.75, 3.05) is 13.7 Å². The zero-order valence-electron chi connectivity index (χ0n) is 5.93. The van der Waals surface area contributed by atoms with Gasteiger partial charge in [-0.05, 0) is 6.92 Å². The van der Waals surface area contributed by atoms with Crippen LogP contribution in [0.25, 0.3) is 0 Å². The third-order valence-electron chi connectivity index (χ3n) is 0.289. The first-order chi connectivity index (χ1) is 4.74. The highest BCUT2D eigenvalue weighted by molar-refractivity contribution is 5.26. The maximum absolute atomic E-state index is 8.35. The molecule has 0 atom stereocenters. The maximum atomic E-state index is 8.35. The Kier molecular flexibility index (Phi) is 74.8. The summed E-state index contributed by atoms with van der Waals surface area (Å²) in [7, 11) is 1.68. The Morgan fingerprint density at radius 1 is 1.30 bits per heavy atom. The lowest BCUT2D eigenvalue weighted by Crippen LogP contribution is -1.73. The average molecular weight is 146 g/mol. The molecule has 10 heavy (non-hydrogen) atoms. The lowest BCUT2D eigenvalue weighted by atomic mass is 10.9. The van der Waals surface area contributed by atoms with Gasteiger partial charge in [-0.25, -0.2) is 20.4 Å². The molecule has 0 bridgehead atoms. The van der Waals surface area contributed by atoms with Crippen LogP contribution in [0.5, 0.6) is 0 Å². The molecule has 0 heterocycles. The monoisotopic (exact) mass is 146 g/mol. The van der Waals surface area contributed by atoms with Crippen LogP contribution in [0, 0.1) is 10.8 Å². The van der Waals surface area contributed by atoms with Crippen LogP contribution in [0.15, 0.2) is 0 Å². The molecule has 0 saturated carbocycles. The molecule has 0 aromatic rings. The minimum Gasteiger partial charge on any atom is -0.385 e. The topological polar surface area (TPSA) is 91.1 Å². The summed E-state index contributed by atoms with van der Waals surface area (Å²) in [5.41, 5.74) is 0. The number of hydrogen-bond acceptors (Lipinski definition) is 5. The van der Waals surface area contributed by atoms with Crippen molar-refractivity contribution in [1.29, 1.82) is 10.8 Å². The molecule has 2 N–H and O–H groups in total. The molecule has 58 valence electrons. The SMILES string of the molecule is CCOC.N=C=O.N=C=O. The van der Waals surface area contributed by atoms with Crippen molar-refractivity contribution in [3.8, 4) is 0 Å². The van der Waals surface area contributed by atoms with Crippen LogP contribution in [-0.2, 0) is 14.3 Å². The molecule has 5 heteroatoms. The first-order valence-corrected chi connectivity index (χ1v) is 2.31. The third kappa shape index (κ3) is 2800. The fourth-order valence-electron chi connectivity index (χ4n) is 0. The highest BCUT2D eigenvalue weighted by Gasteiger charge is 1.51. The van der Waals surface area contributed by atoms with Gasteiger partial charge >= 0.3 is 0 Å². The number of nitrogens with one attached hydrogen (secondary N) is 2. The zero-order valence-corrected chi connectivity index (χ0v) is 5.93. The van der Waals surface area contributed by atoms with Gasteiger partial charge in [0.1, 0.15) is 0 Å². The summed E-state index contributed by atoms with van der Waals surface area (Å²) in [6.45, 7) is 2.78. The number of rotatable bonds is 1. The third-order valence-corrected chi connectivity index (χ3v) is 0.289. The molecule has 0 radical (unpaired) electrons. The van der Waals surface area contributed by atoms with Gasteiger partial charge in [-0.15, -0.1) is 0 Å². The van der Waals surface area contributed by atoms with Gasteiger partial charge in [0, 0.05) is 13.7 Å². The van der Waals surface area contributed by atoms with E-state index in [0.717, 1.165) is 18.8 Å². The fraction of sp³-hybridized carbons (Fsp3) is 0.600. The van der Waals surface area contributed by atoms with Crippen LogP contribution in [-0.4, -0.2) is 25.9 Å². The molecule has 5 nitrogen and oxygen atoms in total. The molecule has 0 aromatic carbocycles. The van der Waals surface area contributed by atoms with E-state index in [1.807, 2.05) is 6.92 Å². The number of ether oxygens (including phenoxy) is 1. The Balaban J connectivity index is -0.0000000750. The Labute approximate surface area is 59.0 Å². The lowest BCUT2D eigenvalue weighted by Gasteiger charge is -1.76. The minimum atomic E-state index is 0.750. The second-order valence-electron chi connectivity index (χ2n) is 0.781. The molecule has 0 aliphatic rings. The molecule has 0 spiro atoms. The van der Waals surface area contributed by atoms with Crippen LogP contribution in [0.1, 0.15) is 6.92 Å². The van der Waals surface area contributed by atoms with Crippen molar-refractivity contribution in [2.24, 2.45) is 0 Å². The van der Waals surface area contributed by atoms with Gasteiger partial charge in [0.05, 0.1) is 0 Å². The van der Waals surface area contributed by atoms with E-state index in [2.05, 4.69) is 4.74 Å². The smallest absolute Gasteiger partial charge is 0.231 e. The summed E-state index contributed by atoms with van der Waals surface area (Å²) in [5, 5.41) is 10.8. The van der Waals surface area contributed by atoms with Crippen molar-refractivity contribution in [2.45, 2.75) is 6.92 Å². The molecule has 0 aliphatic carbocycles.